The lowest BCUT2D eigenvalue weighted by atomic mass is 10.1. The van der Waals surface area contributed by atoms with E-state index in [2.05, 4.69) is 15.6 Å². The predicted molar refractivity (Wildman–Crippen MR) is 95.7 cm³/mol. The van der Waals surface area contributed by atoms with Gasteiger partial charge in [-0.25, -0.2) is 0 Å². The Labute approximate surface area is 144 Å². The van der Waals surface area contributed by atoms with Crippen molar-refractivity contribution in [1.29, 1.82) is 0 Å². The van der Waals surface area contributed by atoms with Gasteiger partial charge in [0.2, 0.25) is 5.75 Å². The Bertz CT molecular complexity index is 521. The number of rotatable bonds is 10. The number of guanidine groups is 1. The second kappa shape index (κ2) is 11.4. The molecule has 1 aromatic carbocycles. The van der Waals surface area contributed by atoms with Crippen LogP contribution in [0.3, 0.4) is 0 Å². The molecule has 0 aromatic heterocycles. The molecular weight excluding hydrogens is 310 g/mol. The minimum absolute atomic E-state index is 0.597. The SMILES string of the molecule is CCNC(=NCCOC)NCCc1ccc(OC)c(OC)c1OC. The number of hydrogen-bond acceptors (Lipinski definition) is 5. The van der Waals surface area contributed by atoms with Gasteiger partial charge in [0, 0.05) is 25.8 Å². The highest BCUT2D eigenvalue weighted by atomic mass is 16.5. The fourth-order valence-corrected chi connectivity index (χ4v) is 2.27. The number of ether oxygens (including phenoxy) is 4. The van der Waals surface area contributed by atoms with Gasteiger partial charge in [-0.15, -0.1) is 0 Å². The molecule has 0 heterocycles. The van der Waals surface area contributed by atoms with E-state index in [0.29, 0.717) is 36.9 Å². The number of benzene rings is 1. The molecule has 0 amide bonds. The van der Waals surface area contributed by atoms with Crippen LogP contribution in [0.5, 0.6) is 17.2 Å². The first-order chi connectivity index (χ1) is 11.7. The van der Waals surface area contributed by atoms with Crippen molar-refractivity contribution in [2.75, 3.05) is 54.7 Å². The molecule has 0 aliphatic heterocycles. The standard InChI is InChI=1S/C17H29N3O4/c1-6-18-17(20-11-12-21-2)19-10-9-13-7-8-14(22-3)16(24-5)15(13)23-4/h7-8H,6,9-12H2,1-5H3,(H2,18,19,20). The van der Waals surface area contributed by atoms with Crippen molar-refractivity contribution in [1.82, 2.24) is 10.6 Å². The number of aliphatic imine (C=N–C) groups is 1. The minimum atomic E-state index is 0.597. The summed E-state index contributed by atoms with van der Waals surface area (Å²) in [5, 5.41) is 6.51. The summed E-state index contributed by atoms with van der Waals surface area (Å²) in [6.07, 6.45) is 0.762. The fraction of sp³-hybridized carbons (Fsp3) is 0.588. The molecule has 0 fully saturated rings. The van der Waals surface area contributed by atoms with Gasteiger partial charge in [-0.05, 0) is 19.4 Å². The van der Waals surface area contributed by atoms with Crippen LogP contribution in [0.2, 0.25) is 0 Å². The first-order valence-electron chi connectivity index (χ1n) is 8.00. The summed E-state index contributed by atoms with van der Waals surface area (Å²) < 4.78 is 21.2. The van der Waals surface area contributed by atoms with E-state index in [-0.39, 0.29) is 0 Å². The molecule has 0 saturated heterocycles. The van der Waals surface area contributed by atoms with Crippen LogP contribution < -0.4 is 24.8 Å². The number of hydrogen-bond donors (Lipinski definition) is 2. The van der Waals surface area contributed by atoms with Gasteiger partial charge < -0.3 is 29.6 Å². The molecule has 0 spiro atoms. The largest absolute Gasteiger partial charge is 0.493 e. The van der Waals surface area contributed by atoms with Crippen molar-refractivity contribution < 1.29 is 18.9 Å². The zero-order valence-corrected chi connectivity index (χ0v) is 15.3. The van der Waals surface area contributed by atoms with Gasteiger partial charge >= 0.3 is 0 Å². The van der Waals surface area contributed by atoms with Crippen LogP contribution in [-0.4, -0.2) is 60.6 Å². The predicted octanol–water partition coefficient (Wildman–Crippen LogP) is 1.46. The van der Waals surface area contributed by atoms with Gasteiger partial charge in [-0.3, -0.25) is 4.99 Å². The van der Waals surface area contributed by atoms with Crippen molar-refractivity contribution in [3.8, 4) is 17.2 Å². The van der Waals surface area contributed by atoms with E-state index in [9.17, 15) is 0 Å². The highest BCUT2D eigenvalue weighted by Crippen LogP contribution is 2.39. The molecule has 7 nitrogen and oxygen atoms in total. The highest BCUT2D eigenvalue weighted by Gasteiger charge is 2.15. The molecule has 136 valence electrons. The van der Waals surface area contributed by atoms with Crippen LogP contribution in [0.25, 0.3) is 0 Å². The Kier molecular flexibility index (Phi) is 9.45. The lowest BCUT2D eigenvalue weighted by Crippen LogP contribution is -2.38. The van der Waals surface area contributed by atoms with E-state index in [1.54, 1.807) is 28.4 Å². The maximum atomic E-state index is 5.50. The minimum Gasteiger partial charge on any atom is -0.493 e. The third kappa shape index (κ3) is 5.81. The van der Waals surface area contributed by atoms with Crippen molar-refractivity contribution >= 4 is 5.96 Å². The van der Waals surface area contributed by atoms with Crippen LogP contribution in [0.4, 0.5) is 0 Å². The molecule has 0 radical (unpaired) electrons. The lowest BCUT2D eigenvalue weighted by molar-refractivity contribution is 0.208. The third-order valence-corrected chi connectivity index (χ3v) is 3.38. The van der Waals surface area contributed by atoms with Crippen LogP contribution in [-0.2, 0) is 11.2 Å². The first kappa shape index (κ1) is 19.9. The van der Waals surface area contributed by atoms with Crippen molar-refractivity contribution in [3.05, 3.63) is 17.7 Å². The van der Waals surface area contributed by atoms with Gasteiger partial charge in [0.1, 0.15) is 0 Å². The summed E-state index contributed by atoms with van der Waals surface area (Å²) in [7, 11) is 6.51. The number of nitrogens with one attached hydrogen (secondary N) is 2. The first-order valence-corrected chi connectivity index (χ1v) is 8.00. The summed E-state index contributed by atoms with van der Waals surface area (Å²) in [5.41, 5.74) is 1.04. The van der Waals surface area contributed by atoms with Gasteiger partial charge in [0.05, 0.1) is 34.5 Å². The van der Waals surface area contributed by atoms with E-state index >= 15 is 0 Å². The number of methoxy groups -OCH3 is 4. The summed E-state index contributed by atoms with van der Waals surface area (Å²) >= 11 is 0. The molecule has 1 aromatic rings. The molecular formula is C17H29N3O4. The summed E-state index contributed by atoms with van der Waals surface area (Å²) in [5.74, 6) is 2.73. The topological polar surface area (TPSA) is 73.3 Å². The summed E-state index contributed by atoms with van der Waals surface area (Å²) in [6.45, 7) is 4.76. The Balaban J connectivity index is 2.73. The van der Waals surface area contributed by atoms with Crippen LogP contribution >= 0.6 is 0 Å². The second-order valence-corrected chi connectivity index (χ2v) is 4.92. The smallest absolute Gasteiger partial charge is 0.203 e. The summed E-state index contributed by atoms with van der Waals surface area (Å²) in [6, 6.07) is 3.87. The monoisotopic (exact) mass is 339 g/mol. The summed E-state index contributed by atoms with van der Waals surface area (Å²) in [4.78, 5) is 4.43. The van der Waals surface area contributed by atoms with Crippen molar-refractivity contribution in [2.45, 2.75) is 13.3 Å². The molecule has 24 heavy (non-hydrogen) atoms. The van der Waals surface area contributed by atoms with E-state index in [1.807, 2.05) is 19.1 Å². The fourth-order valence-electron chi connectivity index (χ4n) is 2.27. The maximum absolute atomic E-state index is 5.50. The van der Waals surface area contributed by atoms with E-state index < -0.39 is 0 Å². The van der Waals surface area contributed by atoms with E-state index in [0.717, 1.165) is 24.5 Å². The molecule has 2 N–H and O–H groups in total. The molecule has 0 aliphatic rings. The highest BCUT2D eigenvalue weighted by molar-refractivity contribution is 5.79. The Hall–Kier alpha value is -2.15. The second-order valence-electron chi connectivity index (χ2n) is 4.92. The van der Waals surface area contributed by atoms with Crippen molar-refractivity contribution in [3.63, 3.8) is 0 Å². The normalized spacial score (nSPS) is 11.1. The van der Waals surface area contributed by atoms with Crippen molar-refractivity contribution in [2.24, 2.45) is 4.99 Å². The molecule has 0 bridgehead atoms. The lowest BCUT2D eigenvalue weighted by Gasteiger charge is -2.16. The van der Waals surface area contributed by atoms with Gasteiger partial charge in [-0.2, -0.15) is 0 Å². The molecule has 0 aliphatic carbocycles. The maximum Gasteiger partial charge on any atom is 0.203 e. The Morgan fingerprint density at radius 3 is 2.33 bits per heavy atom. The molecule has 0 unspecified atom stereocenters. The zero-order valence-electron chi connectivity index (χ0n) is 15.3. The van der Waals surface area contributed by atoms with E-state index in [1.165, 1.54) is 0 Å². The average molecular weight is 339 g/mol. The average Bonchev–Trinajstić information content (AvgIpc) is 2.61. The Morgan fingerprint density at radius 2 is 1.75 bits per heavy atom. The molecule has 7 heteroatoms. The molecule has 0 atom stereocenters. The molecule has 1 rings (SSSR count). The van der Waals surface area contributed by atoms with Crippen LogP contribution in [0, 0.1) is 0 Å². The quantitative estimate of drug-likeness (QED) is 0.382. The van der Waals surface area contributed by atoms with Gasteiger partial charge in [-0.1, -0.05) is 6.07 Å². The van der Waals surface area contributed by atoms with E-state index in [4.69, 9.17) is 18.9 Å². The van der Waals surface area contributed by atoms with Crippen LogP contribution in [0.15, 0.2) is 17.1 Å². The van der Waals surface area contributed by atoms with Gasteiger partial charge in [0.25, 0.3) is 0 Å². The van der Waals surface area contributed by atoms with Crippen LogP contribution in [0.1, 0.15) is 12.5 Å². The number of nitrogens with zero attached hydrogens (tertiary/aromatic N) is 1. The molecule has 0 saturated carbocycles. The third-order valence-electron chi connectivity index (χ3n) is 3.38. The zero-order chi connectivity index (χ0) is 17.8. The Morgan fingerprint density at radius 1 is 1.00 bits per heavy atom. The van der Waals surface area contributed by atoms with Gasteiger partial charge in [0.15, 0.2) is 17.5 Å².